The van der Waals surface area contributed by atoms with Crippen molar-refractivity contribution in [3.63, 3.8) is 0 Å². The van der Waals surface area contributed by atoms with Gasteiger partial charge in [-0.3, -0.25) is 9.69 Å². The molecule has 35 heavy (non-hydrogen) atoms. The zero-order valence-corrected chi connectivity index (χ0v) is 20.0. The molecule has 0 saturated heterocycles. The van der Waals surface area contributed by atoms with E-state index in [9.17, 15) is 24.1 Å². The van der Waals surface area contributed by atoms with Crippen molar-refractivity contribution in [1.29, 1.82) is 10.5 Å². The molecule has 0 aliphatic carbocycles. The number of carbonyl (C=O) groups is 1. The Bertz CT molecular complexity index is 1390. The number of thiophene rings is 1. The van der Waals surface area contributed by atoms with E-state index in [4.69, 9.17) is 5.73 Å². The van der Waals surface area contributed by atoms with Crippen molar-refractivity contribution >= 4 is 23.2 Å². The van der Waals surface area contributed by atoms with Crippen LogP contribution in [0.5, 0.6) is 0 Å². The van der Waals surface area contributed by atoms with Crippen LogP contribution in [0.2, 0.25) is 0 Å². The Morgan fingerprint density at radius 2 is 1.69 bits per heavy atom. The fourth-order valence-electron chi connectivity index (χ4n) is 4.23. The Kier molecular flexibility index (Phi) is 5.92. The molecular formula is C26H21F2N5OS. The van der Waals surface area contributed by atoms with E-state index >= 15 is 0 Å². The van der Waals surface area contributed by atoms with Crippen LogP contribution in [0.4, 0.5) is 8.78 Å². The number of nitriles is 2. The van der Waals surface area contributed by atoms with Crippen LogP contribution in [0.25, 0.3) is 11.1 Å². The first-order chi connectivity index (χ1) is 16.5. The molecule has 4 rings (SSSR count). The van der Waals surface area contributed by atoms with Gasteiger partial charge in [-0.25, -0.2) is 13.8 Å². The maximum absolute atomic E-state index is 13.8. The lowest BCUT2D eigenvalue weighted by molar-refractivity contribution is -0.130. The molecule has 3 aromatic rings. The van der Waals surface area contributed by atoms with Gasteiger partial charge in [-0.05, 0) is 53.3 Å². The van der Waals surface area contributed by atoms with E-state index in [-0.39, 0.29) is 17.4 Å². The average molecular weight is 490 g/mol. The predicted molar refractivity (Wildman–Crippen MR) is 130 cm³/mol. The van der Waals surface area contributed by atoms with Gasteiger partial charge in [0.05, 0.1) is 29.2 Å². The molecule has 176 valence electrons. The lowest BCUT2D eigenvalue weighted by Gasteiger charge is -2.40. The minimum atomic E-state index is -3.00. The number of carbonyl (C=O) groups excluding carboxylic acids is 1. The molecule has 2 aromatic carbocycles. The second-order valence-electron chi connectivity index (χ2n) is 8.68. The summed E-state index contributed by atoms with van der Waals surface area (Å²) in [6.07, 6.45) is 0. The molecule has 1 aliphatic heterocycles. The van der Waals surface area contributed by atoms with E-state index in [0.29, 0.717) is 22.3 Å². The van der Waals surface area contributed by atoms with Gasteiger partial charge >= 0.3 is 0 Å². The standard InChI is InChI=1S/C26H21F2N5OS/c1-25(21-11-19(14-35-21)18-9-15(12-29)8-16(10-18)13-30)22(23(34)33(3)24(31)32-25)17-4-6-20(7-5-17)26(2,27)28/h4-11,14,22H,1-3H3,(H2,31,32)/t22-,25-/m1/s1. The van der Waals surface area contributed by atoms with Crippen LogP contribution >= 0.6 is 11.3 Å². The molecule has 0 bridgehead atoms. The number of likely N-dealkylation sites (N-methyl/N-ethyl adjacent to an activating group) is 1. The number of benzene rings is 2. The highest BCUT2D eigenvalue weighted by Gasteiger charge is 2.48. The average Bonchev–Trinajstić information content (AvgIpc) is 3.33. The Hall–Kier alpha value is -4.08. The summed E-state index contributed by atoms with van der Waals surface area (Å²) in [5.41, 5.74) is 7.56. The number of nitrogens with two attached hydrogens (primary N) is 1. The summed E-state index contributed by atoms with van der Waals surface area (Å²) in [5, 5.41) is 20.5. The number of nitrogens with zero attached hydrogens (tertiary/aromatic N) is 4. The summed E-state index contributed by atoms with van der Waals surface area (Å²) < 4.78 is 27.5. The maximum Gasteiger partial charge on any atom is 0.270 e. The Labute approximate surface area is 205 Å². The summed E-state index contributed by atoms with van der Waals surface area (Å²) in [5.74, 6) is -4.05. The van der Waals surface area contributed by atoms with Crippen molar-refractivity contribution in [1.82, 2.24) is 4.90 Å². The number of hydrogen-bond donors (Lipinski definition) is 1. The summed E-state index contributed by atoms with van der Waals surface area (Å²) >= 11 is 1.37. The van der Waals surface area contributed by atoms with Crippen LogP contribution in [-0.4, -0.2) is 23.8 Å². The van der Waals surface area contributed by atoms with Crippen molar-refractivity contribution in [2.24, 2.45) is 10.7 Å². The van der Waals surface area contributed by atoms with Crippen LogP contribution < -0.4 is 5.73 Å². The van der Waals surface area contributed by atoms with Crippen LogP contribution in [0.3, 0.4) is 0 Å². The first-order valence-corrected chi connectivity index (χ1v) is 11.5. The molecular weight excluding hydrogens is 468 g/mol. The third-order valence-corrected chi connectivity index (χ3v) is 7.36. The quantitative estimate of drug-likeness (QED) is 0.553. The highest BCUT2D eigenvalue weighted by molar-refractivity contribution is 7.10. The maximum atomic E-state index is 13.8. The monoisotopic (exact) mass is 489 g/mol. The first-order valence-electron chi connectivity index (χ1n) is 10.6. The minimum Gasteiger partial charge on any atom is -0.369 e. The van der Waals surface area contributed by atoms with E-state index < -0.39 is 17.4 Å². The molecule has 0 spiro atoms. The molecule has 0 saturated carbocycles. The van der Waals surface area contributed by atoms with Crippen LogP contribution in [0, 0.1) is 22.7 Å². The van der Waals surface area contributed by atoms with E-state index in [1.165, 1.54) is 53.6 Å². The van der Waals surface area contributed by atoms with E-state index in [2.05, 4.69) is 17.1 Å². The predicted octanol–water partition coefficient (Wildman–Crippen LogP) is 5.06. The number of amides is 1. The fourth-order valence-corrected chi connectivity index (χ4v) is 5.29. The molecule has 2 N–H and O–H groups in total. The molecule has 1 amide bonds. The summed E-state index contributed by atoms with van der Waals surface area (Å²) in [6.45, 7) is 2.61. The molecule has 2 atom stereocenters. The number of alkyl halides is 2. The first kappa shape index (κ1) is 24.1. The third-order valence-electron chi connectivity index (χ3n) is 6.20. The third kappa shape index (κ3) is 4.27. The van der Waals surface area contributed by atoms with Crippen LogP contribution in [-0.2, 0) is 16.3 Å². The highest BCUT2D eigenvalue weighted by Crippen LogP contribution is 2.47. The zero-order valence-electron chi connectivity index (χ0n) is 19.2. The van der Waals surface area contributed by atoms with Crippen molar-refractivity contribution in [3.05, 3.63) is 81.0 Å². The molecule has 1 aliphatic rings. The lowest BCUT2D eigenvalue weighted by atomic mass is 9.77. The van der Waals surface area contributed by atoms with Gasteiger partial charge in [0.25, 0.3) is 5.92 Å². The van der Waals surface area contributed by atoms with Crippen molar-refractivity contribution in [2.45, 2.75) is 31.2 Å². The second-order valence-corrected chi connectivity index (χ2v) is 9.59. The van der Waals surface area contributed by atoms with Gasteiger partial charge < -0.3 is 5.73 Å². The largest absolute Gasteiger partial charge is 0.369 e. The van der Waals surface area contributed by atoms with E-state index in [1.54, 1.807) is 19.1 Å². The molecule has 9 heteroatoms. The molecule has 1 aromatic heterocycles. The number of aliphatic imine (C=N–C) groups is 1. The van der Waals surface area contributed by atoms with Gasteiger partial charge in [0.1, 0.15) is 5.54 Å². The Balaban J connectivity index is 1.83. The van der Waals surface area contributed by atoms with Gasteiger partial charge in [0, 0.05) is 24.4 Å². The Morgan fingerprint density at radius 1 is 1.09 bits per heavy atom. The molecule has 0 unspecified atom stereocenters. The zero-order chi connectivity index (χ0) is 25.5. The molecule has 0 radical (unpaired) electrons. The lowest BCUT2D eigenvalue weighted by Crippen LogP contribution is -2.52. The highest BCUT2D eigenvalue weighted by atomic mass is 32.1. The summed E-state index contributed by atoms with van der Waals surface area (Å²) in [7, 11) is 1.53. The smallest absolute Gasteiger partial charge is 0.270 e. The van der Waals surface area contributed by atoms with Gasteiger partial charge in [0.2, 0.25) is 5.91 Å². The molecule has 6 nitrogen and oxygen atoms in total. The fraction of sp³-hybridized carbons (Fsp3) is 0.231. The van der Waals surface area contributed by atoms with Crippen LogP contribution in [0.15, 0.2) is 58.9 Å². The number of hydrogen-bond acceptors (Lipinski definition) is 6. The minimum absolute atomic E-state index is 0.0543. The van der Waals surface area contributed by atoms with Gasteiger partial charge in [-0.2, -0.15) is 10.5 Å². The second kappa shape index (κ2) is 8.61. The van der Waals surface area contributed by atoms with Crippen molar-refractivity contribution in [3.8, 4) is 23.3 Å². The Morgan fingerprint density at radius 3 is 2.23 bits per heavy atom. The normalized spacial score (nSPS) is 20.2. The number of guanidine groups is 1. The topological polar surface area (TPSA) is 106 Å². The summed E-state index contributed by atoms with van der Waals surface area (Å²) in [4.78, 5) is 20.1. The van der Waals surface area contributed by atoms with Crippen LogP contribution in [0.1, 0.15) is 46.9 Å². The van der Waals surface area contributed by atoms with Gasteiger partial charge in [-0.1, -0.05) is 24.3 Å². The summed E-state index contributed by atoms with van der Waals surface area (Å²) in [6, 6.07) is 16.6. The van der Waals surface area contributed by atoms with E-state index in [0.717, 1.165) is 17.4 Å². The molecule has 0 fully saturated rings. The SMILES string of the molecule is CN1C(=O)[C@@H](c2ccc(C(C)(F)F)cc2)[C@@](C)(c2cc(-c3cc(C#N)cc(C#N)c3)cs2)N=C1N. The van der Waals surface area contributed by atoms with E-state index in [1.807, 2.05) is 11.4 Å². The number of halogens is 2. The van der Waals surface area contributed by atoms with Gasteiger partial charge in [0.15, 0.2) is 5.96 Å². The van der Waals surface area contributed by atoms with Crippen molar-refractivity contribution in [2.75, 3.05) is 7.05 Å². The number of rotatable bonds is 4. The van der Waals surface area contributed by atoms with Gasteiger partial charge in [-0.15, -0.1) is 11.3 Å². The molecule has 2 heterocycles. The van der Waals surface area contributed by atoms with Crippen molar-refractivity contribution < 1.29 is 13.6 Å².